The Hall–Kier alpha value is -3.16. The lowest BCUT2D eigenvalue weighted by atomic mass is 9.96. The van der Waals surface area contributed by atoms with Crippen molar-refractivity contribution >= 4 is 45.6 Å². The Kier molecular flexibility index (Phi) is 9.86. The normalized spacial score (nSPS) is 16.9. The molecule has 14 heteroatoms. The van der Waals surface area contributed by atoms with Crippen LogP contribution in [0.1, 0.15) is 68.8 Å². The number of halogens is 4. The number of aryl methyl sites for hydroxylation is 1. The maximum atomic E-state index is 11.6. The van der Waals surface area contributed by atoms with Gasteiger partial charge in [-0.2, -0.15) is 18.3 Å². The van der Waals surface area contributed by atoms with Gasteiger partial charge in [0.1, 0.15) is 0 Å². The molecule has 1 aromatic carbocycles. The molecule has 3 heterocycles. The van der Waals surface area contributed by atoms with Crippen LogP contribution in [0.2, 0.25) is 5.02 Å². The summed E-state index contributed by atoms with van der Waals surface area (Å²) in [6.45, 7) is 8.38. The predicted octanol–water partition coefficient (Wildman–Crippen LogP) is 6.75. The minimum Gasteiger partial charge on any atom is -0.475 e. The Bertz CT molecular complexity index is 1510. The van der Waals surface area contributed by atoms with Crippen LogP contribution in [0, 0.1) is 5.92 Å². The first kappa shape index (κ1) is 32.2. The lowest BCUT2D eigenvalue weighted by Crippen LogP contribution is -2.36. The van der Waals surface area contributed by atoms with E-state index in [4.69, 9.17) is 31.6 Å². The highest BCUT2D eigenvalue weighted by Crippen LogP contribution is 2.48. The van der Waals surface area contributed by atoms with Crippen LogP contribution in [0.3, 0.4) is 0 Å². The largest absolute Gasteiger partial charge is 0.490 e. The molecule has 0 spiro atoms. The summed E-state index contributed by atoms with van der Waals surface area (Å²) in [4.78, 5) is 28.9. The van der Waals surface area contributed by atoms with Gasteiger partial charge in [0, 0.05) is 30.6 Å². The van der Waals surface area contributed by atoms with Gasteiger partial charge in [-0.15, -0.1) is 0 Å². The summed E-state index contributed by atoms with van der Waals surface area (Å²) in [6, 6.07) is 6.24. The van der Waals surface area contributed by atoms with Gasteiger partial charge in [0.2, 0.25) is 5.91 Å². The number of fused-ring (bicyclic) bond motifs is 3. The quantitative estimate of drug-likeness (QED) is 0.247. The second-order valence-corrected chi connectivity index (χ2v) is 12.9. The maximum Gasteiger partial charge on any atom is 0.490 e. The Morgan fingerprint density at radius 3 is 2.45 bits per heavy atom. The van der Waals surface area contributed by atoms with E-state index in [1.54, 1.807) is 0 Å². The van der Waals surface area contributed by atoms with Gasteiger partial charge in [0.25, 0.3) is 0 Å². The number of hydrogen-bond acceptors (Lipinski definition) is 7. The number of hydrogen-bond donors (Lipinski definition) is 3. The average Bonchev–Trinajstić information content (AvgIpc) is 3.61. The molecule has 44 heavy (non-hydrogen) atoms. The minimum atomic E-state index is -5.08. The maximum absolute atomic E-state index is 11.6. The van der Waals surface area contributed by atoms with E-state index in [-0.39, 0.29) is 5.91 Å². The molecular formula is C30H36ClF3N6O3S. The first-order valence-corrected chi connectivity index (χ1v) is 16.1. The lowest BCUT2D eigenvalue weighted by molar-refractivity contribution is -0.192. The fourth-order valence-electron chi connectivity index (χ4n) is 5.74. The van der Waals surface area contributed by atoms with E-state index in [0.29, 0.717) is 22.0 Å². The summed E-state index contributed by atoms with van der Waals surface area (Å²) in [5, 5.41) is 20.1. The van der Waals surface area contributed by atoms with Gasteiger partial charge in [0.05, 0.1) is 32.7 Å². The molecule has 3 N–H and O–H groups in total. The second-order valence-electron chi connectivity index (χ2n) is 11.5. The zero-order valence-electron chi connectivity index (χ0n) is 24.6. The number of nitrogens with one attached hydrogen (secondary N) is 2. The number of carbonyl (C=O) groups excluding carboxylic acids is 1. The number of anilines is 2. The van der Waals surface area contributed by atoms with E-state index in [9.17, 15) is 18.0 Å². The number of carboxylic acid groups (broad SMARTS) is 1. The molecule has 238 valence electrons. The highest BCUT2D eigenvalue weighted by molar-refractivity contribution is 7.19. The molecule has 3 aliphatic rings. The van der Waals surface area contributed by atoms with Crippen LogP contribution in [0.5, 0.6) is 0 Å². The number of carboxylic acids is 1. The van der Waals surface area contributed by atoms with Crippen molar-refractivity contribution in [2.45, 2.75) is 70.9 Å². The summed E-state index contributed by atoms with van der Waals surface area (Å²) in [7, 11) is 0. The molecule has 3 aromatic rings. The SMILES string of the molecule is CCCN1CCC(CNc2ccc(-n3nc(C4CC4)c4c3-c3sc(NC(C)=O)nc3CC4)c(Cl)c2)CC1.O=C(O)C(F)(F)F. The summed E-state index contributed by atoms with van der Waals surface area (Å²) in [6.07, 6.45) is 2.84. The van der Waals surface area contributed by atoms with Gasteiger partial charge >= 0.3 is 12.1 Å². The topological polar surface area (TPSA) is 112 Å². The number of piperidine rings is 1. The van der Waals surface area contributed by atoms with E-state index in [1.165, 1.54) is 81.3 Å². The van der Waals surface area contributed by atoms with Gasteiger partial charge in [-0.1, -0.05) is 29.9 Å². The van der Waals surface area contributed by atoms with Gasteiger partial charge in [0.15, 0.2) is 5.13 Å². The number of benzene rings is 1. The van der Waals surface area contributed by atoms with Crippen molar-refractivity contribution in [3.8, 4) is 16.3 Å². The molecule has 0 atom stereocenters. The molecule has 0 unspecified atom stereocenters. The Balaban J connectivity index is 0.000000493. The number of amides is 1. The number of rotatable bonds is 8. The van der Waals surface area contributed by atoms with Crippen LogP contribution >= 0.6 is 22.9 Å². The molecule has 2 aliphatic carbocycles. The number of carbonyl (C=O) groups is 2. The molecule has 0 bridgehead atoms. The van der Waals surface area contributed by atoms with Crippen LogP contribution in [-0.2, 0) is 22.4 Å². The molecule has 1 saturated carbocycles. The van der Waals surface area contributed by atoms with E-state index in [0.717, 1.165) is 47.0 Å². The molecule has 9 nitrogen and oxygen atoms in total. The first-order chi connectivity index (χ1) is 20.9. The summed E-state index contributed by atoms with van der Waals surface area (Å²) < 4.78 is 33.8. The van der Waals surface area contributed by atoms with Gasteiger partial charge in [-0.3, -0.25) is 4.79 Å². The van der Waals surface area contributed by atoms with Crippen molar-refractivity contribution in [1.82, 2.24) is 19.7 Å². The zero-order chi connectivity index (χ0) is 31.6. The van der Waals surface area contributed by atoms with Gasteiger partial charge in [-0.25, -0.2) is 14.5 Å². The smallest absolute Gasteiger partial charge is 0.475 e. The molecule has 2 fully saturated rings. The van der Waals surface area contributed by atoms with E-state index in [1.807, 2.05) is 10.7 Å². The highest BCUT2D eigenvalue weighted by Gasteiger charge is 2.38. The van der Waals surface area contributed by atoms with E-state index < -0.39 is 12.1 Å². The highest BCUT2D eigenvalue weighted by atomic mass is 35.5. The average molecular weight is 653 g/mol. The third kappa shape index (κ3) is 7.55. The fraction of sp³-hybridized carbons (Fsp3) is 0.533. The van der Waals surface area contributed by atoms with Gasteiger partial charge in [-0.05, 0) is 88.7 Å². The van der Waals surface area contributed by atoms with Crippen LogP contribution in [0.25, 0.3) is 16.3 Å². The van der Waals surface area contributed by atoms with Crippen LogP contribution in [-0.4, -0.2) is 69.0 Å². The monoisotopic (exact) mass is 652 g/mol. The van der Waals surface area contributed by atoms with E-state index in [2.05, 4.69) is 34.6 Å². The lowest BCUT2D eigenvalue weighted by Gasteiger charge is -2.31. The summed E-state index contributed by atoms with van der Waals surface area (Å²) in [5.74, 6) is -1.61. The van der Waals surface area contributed by atoms with Crippen molar-refractivity contribution < 1.29 is 27.9 Å². The fourth-order valence-corrected chi connectivity index (χ4v) is 7.12. The molecule has 1 amide bonds. The van der Waals surface area contributed by atoms with Crippen molar-refractivity contribution in [3.05, 3.63) is 40.2 Å². The molecule has 1 saturated heterocycles. The number of nitrogens with zero attached hydrogens (tertiary/aromatic N) is 4. The molecule has 1 aliphatic heterocycles. The summed E-state index contributed by atoms with van der Waals surface area (Å²) in [5.41, 5.74) is 6.61. The van der Waals surface area contributed by atoms with Crippen LogP contribution in [0.4, 0.5) is 24.0 Å². The van der Waals surface area contributed by atoms with Crippen LogP contribution in [0.15, 0.2) is 18.2 Å². The molecular weight excluding hydrogens is 617 g/mol. The number of alkyl halides is 3. The Labute approximate surface area is 262 Å². The first-order valence-electron chi connectivity index (χ1n) is 14.9. The third-order valence-corrected chi connectivity index (χ3v) is 9.37. The standard InChI is InChI=1S/C28H35ClN6OS.C2HF3O2/c1-3-12-34-13-10-18(11-14-34)16-30-20-6-9-24(22(29)15-20)35-26-21(25(33-35)19-4-5-19)7-8-23-27(26)37-28(32-23)31-17(2)36;3-2(4,5)1(6)7/h6,9,15,18-19,30H,3-5,7-8,10-14,16H2,1-2H3,(H,31,32,36);(H,6,7). The predicted molar refractivity (Wildman–Crippen MR) is 165 cm³/mol. The molecule has 6 rings (SSSR count). The molecule has 0 radical (unpaired) electrons. The Morgan fingerprint density at radius 2 is 1.86 bits per heavy atom. The van der Waals surface area contributed by atoms with Gasteiger partial charge < -0.3 is 20.6 Å². The minimum absolute atomic E-state index is 0.101. The number of thiazole rings is 1. The zero-order valence-corrected chi connectivity index (χ0v) is 26.2. The van der Waals surface area contributed by atoms with E-state index >= 15 is 0 Å². The van der Waals surface area contributed by atoms with Crippen molar-refractivity contribution in [1.29, 1.82) is 0 Å². The number of aromatic nitrogens is 3. The second kappa shape index (κ2) is 13.5. The third-order valence-electron chi connectivity index (χ3n) is 8.05. The van der Waals surface area contributed by atoms with Crippen molar-refractivity contribution in [3.63, 3.8) is 0 Å². The molecule has 2 aromatic heterocycles. The number of likely N-dealkylation sites (tertiary alicyclic amines) is 1. The van der Waals surface area contributed by atoms with Crippen LogP contribution < -0.4 is 10.6 Å². The van der Waals surface area contributed by atoms with Crippen molar-refractivity contribution in [2.75, 3.05) is 36.8 Å². The van der Waals surface area contributed by atoms with Crippen molar-refractivity contribution in [2.24, 2.45) is 5.92 Å². The Morgan fingerprint density at radius 1 is 1.16 bits per heavy atom. The number of aliphatic carboxylic acids is 1. The summed E-state index contributed by atoms with van der Waals surface area (Å²) >= 11 is 8.44.